The predicted octanol–water partition coefficient (Wildman–Crippen LogP) is 8.03. The van der Waals surface area contributed by atoms with Gasteiger partial charge in [0.1, 0.15) is 0 Å². The molecular formula is C20H19Br2Cl2SiZr. The van der Waals surface area contributed by atoms with Crippen LogP contribution in [0.25, 0.3) is 12.2 Å². The fraction of sp³-hybridized carbons (Fsp3) is 0.200. The van der Waals surface area contributed by atoms with Gasteiger partial charge >= 0.3 is 183 Å². The number of hydrogen-bond donors (Lipinski definition) is 0. The molecule has 0 N–H and O–H groups in total. The van der Waals surface area contributed by atoms with Crippen LogP contribution in [-0.4, -0.2) is 5.92 Å². The van der Waals surface area contributed by atoms with E-state index in [1.54, 1.807) is 0 Å². The van der Waals surface area contributed by atoms with E-state index in [0.717, 1.165) is 8.95 Å². The molecule has 0 bridgehead atoms. The van der Waals surface area contributed by atoms with Gasteiger partial charge in [0, 0.05) is 0 Å². The Kier molecular flexibility index (Phi) is 5.21. The maximum atomic E-state index is 7.81. The molecule has 2 aromatic rings. The third-order valence-corrected chi connectivity index (χ3v) is 59.5. The second kappa shape index (κ2) is 6.82. The summed E-state index contributed by atoms with van der Waals surface area (Å²) in [7, 11) is 15.6. The van der Waals surface area contributed by atoms with Gasteiger partial charge in [0.25, 0.3) is 0 Å². The van der Waals surface area contributed by atoms with Gasteiger partial charge in [-0.25, -0.2) is 0 Å². The van der Waals surface area contributed by atoms with Gasteiger partial charge in [0.2, 0.25) is 0 Å². The summed E-state index contributed by atoms with van der Waals surface area (Å²) in [5.41, 5.74) is 5.08. The molecule has 2 aliphatic carbocycles. The van der Waals surface area contributed by atoms with Gasteiger partial charge in [-0.2, -0.15) is 0 Å². The molecule has 0 nitrogen and oxygen atoms in total. The summed E-state index contributed by atoms with van der Waals surface area (Å²) in [4.78, 5) is 0. The van der Waals surface area contributed by atoms with Crippen LogP contribution < -0.4 is 0 Å². The molecule has 2 atom stereocenters. The average molecular weight is 609 g/mol. The molecule has 0 spiro atoms. The van der Waals surface area contributed by atoms with Crippen LogP contribution in [0.15, 0.2) is 57.5 Å². The summed E-state index contributed by atoms with van der Waals surface area (Å²) >= 11 is 3.11. The van der Waals surface area contributed by atoms with Crippen LogP contribution in [0, 0.1) is 0 Å². The fourth-order valence-electron chi connectivity index (χ4n) is 4.47. The van der Waals surface area contributed by atoms with Crippen molar-refractivity contribution in [3.63, 3.8) is 0 Å². The Labute approximate surface area is 180 Å². The van der Waals surface area contributed by atoms with Crippen molar-refractivity contribution in [2.24, 2.45) is 0 Å². The van der Waals surface area contributed by atoms with Crippen molar-refractivity contribution in [2.45, 2.75) is 20.3 Å². The van der Waals surface area contributed by atoms with Crippen molar-refractivity contribution >= 4 is 67.0 Å². The molecule has 26 heavy (non-hydrogen) atoms. The third-order valence-electron chi connectivity index (χ3n) is 6.05. The normalized spacial score (nSPS) is 22.3. The molecule has 0 radical (unpaired) electrons. The predicted molar refractivity (Wildman–Crippen MR) is 122 cm³/mol. The van der Waals surface area contributed by atoms with Gasteiger partial charge in [-0.1, -0.05) is 0 Å². The Bertz CT molecular complexity index is 897. The van der Waals surface area contributed by atoms with E-state index in [9.17, 15) is 0 Å². The van der Waals surface area contributed by atoms with E-state index in [4.69, 9.17) is 17.0 Å². The van der Waals surface area contributed by atoms with Gasteiger partial charge in [0.05, 0.1) is 0 Å². The molecule has 2 aromatic carbocycles. The Morgan fingerprint density at radius 3 is 1.62 bits per heavy atom. The molecule has 0 saturated heterocycles. The number of halogens is 4. The Morgan fingerprint density at radius 2 is 1.23 bits per heavy atom. The number of benzene rings is 2. The van der Waals surface area contributed by atoms with Crippen LogP contribution in [0.1, 0.15) is 29.5 Å². The summed E-state index contributed by atoms with van der Waals surface area (Å²) < 4.78 is 2.57. The van der Waals surface area contributed by atoms with Crippen LogP contribution in [-0.2, 0) is 15.6 Å². The zero-order valence-electron chi connectivity index (χ0n) is 14.5. The molecule has 0 aromatic heterocycles. The van der Waals surface area contributed by atoms with Crippen molar-refractivity contribution in [1.82, 2.24) is 0 Å². The van der Waals surface area contributed by atoms with Gasteiger partial charge in [-0.15, -0.1) is 0 Å². The molecule has 2 aliphatic rings. The standard InChI is InChI=1S/2C9H6Br.C2H7Si.2ClH.Zr/c2*10-9-6-2-4-7-3-1-5-8(7)9;1-3-2;;;/h2*1-6H;3H,1-2H3;2*1H;/q;;;;;+2/p-2. The molecule has 0 aliphatic heterocycles. The third kappa shape index (κ3) is 2.74. The van der Waals surface area contributed by atoms with Crippen molar-refractivity contribution in [3.05, 3.63) is 79.7 Å². The van der Waals surface area contributed by atoms with E-state index in [2.05, 4.69) is 106 Å². The first kappa shape index (κ1) is 19.9. The van der Waals surface area contributed by atoms with E-state index in [1.165, 1.54) is 22.3 Å². The first-order valence-electron chi connectivity index (χ1n) is 8.75. The minimum absolute atomic E-state index is 0.165. The fourth-order valence-corrected chi connectivity index (χ4v) is 32.9. The van der Waals surface area contributed by atoms with Crippen LogP contribution >= 0.6 is 48.9 Å². The summed E-state index contributed by atoms with van der Waals surface area (Å²) in [5, 5.41) is 0. The molecule has 6 heteroatoms. The monoisotopic (exact) mass is 605 g/mol. The number of hydrogen-bond acceptors (Lipinski definition) is 0. The van der Waals surface area contributed by atoms with Crippen LogP contribution in [0.5, 0.6) is 0 Å². The van der Waals surface area contributed by atoms with Crippen molar-refractivity contribution < 1.29 is 15.6 Å². The molecule has 0 heterocycles. The summed E-state index contributed by atoms with van der Waals surface area (Å²) in [6.45, 7) is 4.69. The Hall–Kier alpha value is 0.560. The number of allylic oxidation sites excluding steroid dienone is 2. The molecule has 0 fully saturated rings. The summed E-state index contributed by atoms with van der Waals surface area (Å²) in [5.74, 6) is -1.36. The number of fused-ring (bicyclic) bond motifs is 2. The first-order chi connectivity index (χ1) is 12.2. The molecule has 135 valence electrons. The van der Waals surface area contributed by atoms with E-state index >= 15 is 0 Å². The first-order valence-corrected chi connectivity index (χ1v) is 26.7. The van der Waals surface area contributed by atoms with Crippen LogP contribution in [0.4, 0.5) is 0 Å². The van der Waals surface area contributed by atoms with Gasteiger partial charge in [-0.3, -0.25) is 0 Å². The van der Waals surface area contributed by atoms with Crippen LogP contribution in [0.2, 0.25) is 13.1 Å². The Balaban J connectivity index is 1.93. The molecule has 2 unspecified atom stereocenters. The zero-order valence-corrected chi connectivity index (χ0v) is 22.8. The second-order valence-electron chi connectivity index (χ2n) is 7.54. The van der Waals surface area contributed by atoms with E-state index in [-0.39, 0.29) is 7.25 Å². The van der Waals surface area contributed by atoms with Gasteiger partial charge in [0.15, 0.2) is 0 Å². The summed E-state index contributed by atoms with van der Waals surface area (Å²) in [6.07, 6.45) is 8.99. The van der Waals surface area contributed by atoms with Crippen molar-refractivity contribution in [2.75, 3.05) is 0 Å². The maximum absolute atomic E-state index is 7.81. The quantitative estimate of drug-likeness (QED) is 0.309. The molecule has 4 rings (SSSR count). The van der Waals surface area contributed by atoms with Crippen molar-refractivity contribution in [3.8, 4) is 0 Å². The molecule has 0 saturated carbocycles. The van der Waals surface area contributed by atoms with E-state index in [1.807, 2.05) is 0 Å². The topological polar surface area (TPSA) is 0 Å². The second-order valence-corrected chi connectivity index (χ2v) is 52.0. The van der Waals surface area contributed by atoms with Crippen molar-refractivity contribution in [1.29, 1.82) is 0 Å². The molecular weight excluding hydrogens is 590 g/mol. The SMILES string of the molecule is C[SiH](C)[Zr]([Cl])([Cl])([CH]1C=Cc2c(Br)cccc21)[CH]1C=Cc2c(Br)cccc21. The Morgan fingerprint density at radius 1 is 0.808 bits per heavy atom. The summed E-state index contributed by atoms with van der Waals surface area (Å²) in [6, 6.07) is 12.8. The van der Waals surface area contributed by atoms with E-state index < -0.39 is 21.5 Å². The molecule has 0 amide bonds. The average Bonchev–Trinajstić information content (AvgIpc) is 3.21. The van der Waals surface area contributed by atoms with Gasteiger partial charge in [-0.05, 0) is 0 Å². The van der Waals surface area contributed by atoms with Gasteiger partial charge < -0.3 is 0 Å². The van der Waals surface area contributed by atoms with Crippen LogP contribution in [0.3, 0.4) is 0 Å². The van der Waals surface area contributed by atoms with E-state index in [0.29, 0.717) is 0 Å². The zero-order chi connectivity index (χ0) is 18.7. The minimum atomic E-state index is -4.27. The number of rotatable bonds is 3.